The Morgan fingerprint density at radius 1 is 1.40 bits per heavy atom. The lowest BCUT2D eigenvalue weighted by Gasteiger charge is -2.09. The zero-order valence-electron chi connectivity index (χ0n) is 5.62. The number of allylic oxidation sites excluding steroid dienone is 4. The summed E-state index contributed by atoms with van der Waals surface area (Å²) in [7, 11) is 0. The van der Waals surface area contributed by atoms with Crippen molar-refractivity contribution in [2.24, 2.45) is 10.2 Å². The SMILES string of the molecule is C1=CC2=NN=CCC2=CC1. The van der Waals surface area contributed by atoms with E-state index in [-0.39, 0.29) is 0 Å². The smallest absolute Gasteiger partial charge is 0.0886 e. The summed E-state index contributed by atoms with van der Waals surface area (Å²) in [6.07, 6.45) is 10.2. The third-order valence-corrected chi connectivity index (χ3v) is 1.66. The largest absolute Gasteiger partial charge is 0.163 e. The highest BCUT2D eigenvalue weighted by Crippen LogP contribution is 2.14. The molecule has 0 amide bonds. The molecule has 0 aromatic rings. The fourth-order valence-electron chi connectivity index (χ4n) is 1.13. The van der Waals surface area contributed by atoms with Gasteiger partial charge >= 0.3 is 0 Å². The summed E-state index contributed by atoms with van der Waals surface area (Å²) in [5, 5.41) is 7.81. The van der Waals surface area contributed by atoms with E-state index >= 15 is 0 Å². The number of fused-ring (bicyclic) bond motifs is 1. The lowest BCUT2D eigenvalue weighted by molar-refractivity contribution is 1.16. The van der Waals surface area contributed by atoms with Crippen molar-refractivity contribution in [3.63, 3.8) is 0 Å². The maximum Gasteiger partial charge on any atom is 0.0886 e. The molecular weight excluding hydrogens is 124 g/mol. The van der Waals surface area contributed by atoms with Gasteiger partial charge in [-0.05, 0) is 18.1 Å². The number of nitrogens with zero attached hydrogens (tertiary/aromatic N) is 2. The zero-order chi connectivity index (χ0) is 6.81. The lowest BCUT2D eigenvalue weighted by atomic mass is 10.0. The summed E-state index contributed by atoms with van der Waals surface area (Å²) < 4.78 is 0. The van der Waals surface area contributed by atoms with Crippen molar-refractivity contribution in [2.75, 3.05) is 0 Å². The van der Waals surface area contributed by atoms with Crippen molar-refractivity contribution < 1.29 is 0 Å². The second-order valence-electron chi connectivity index (χ2n) is 2.35. The lowest BCUT2D eigenvalue weighted by Crippen LogP contribution is -2.05. The summed E-state index contributed by atoms with van der Waals surface area (Å²) in [6, 6.07) is 0. The number of rotatable bonds is 0. The fourth-order valence-corrected chi connectivity index (χ4v) is 1.13. The standard InChI is InChI=1S/C8H8N2/c1-2-4-8-7(3-1)5-6-9-10-8/h2-4,6H,1,5H2. The molecule has 0 aromatic carbocycles. The minimum Gasteiger partial charge on any atom is -0.163 e. The number of hydrogen-bond acceptors (Lipinski definition) is 2. The molecule has 0 bridgehead atoms. The van der Waals surface area contributed by atoms with E-state index in [1.165, 1.54) is 5.57 Å². The van der Waals surface area contributed by atoms with Gasteiger partial charge < -0.3 is 0 Å². The van der Waals surface area contributed by atoms with Gasteiger partial charge in [0, 0.05) is 12.6 Å². The van der Waals surface area contributed by atoms with Gasteiger partial charge in [-0.1, -0.05) is 12.2 Å². The van der Waals surface area contributed by atoms with Crippen LogP contribution in [0.25, 0.3) is 0 Å². The molecule has 2 aliphatic rings. The summed E-state index contributed by atoms with van der Waals surface area (Å²) in [6.45, 7) is 0. The summed E-state index contributed by atoms with van der Waals surface area (Å²) in [4.78, 5) is 0. The van der Waals surface area contributed by atoms with Crippen LogP contribution in [0.2, 0.25) is 0 Å². The van der Waals surface area contributed by atoms with E-state index < -0.39 is 0 Å². The van der Waals surface area contributed by atoms with E-state index in [0.717, 1.165) is 18.6 Å². The van der Waals surface area contributed by atoms with E-state index in [4.69, 9.17) is 0 Å². The molecule has 10 heavy (non-hydrogen) atoms. The monoisotopic (exact) mass is 132 g/mol. The van der Waals surface area contributed by atoms with Gasteiger partial charge in [-0.3, -0.25) is 0 Å². The van der Waals surface area contributed by atoms with Crippen LogP contribution in [0.15, 0.2) is 34.0 Å². The molecule has 2 heteroatoms. The van der Waals surface area contributed by atoms with Crippen LogP contribution < -0.4 is 0 Å². The molecule has 50 valence electrons. The third-order valence-electron chi connectivity index (χ3n) is 1.66. The van der Waals surface area contributed by atoms with Crippen molar-refractivity contribution in [3.05, 3.63) is 23.8 Å². The number of hydrogen-bond donors (Lipinski definition) is 0. The molecule has 0 saturated heterocycles. The van der Waals surface area contributed by atoms with E-state index in [1.807, 2.05) is 12.3 Å². The predicted molar refractivity (Wildman–Crippen MR) is 42.4 cm³/mol. The van der Waals surface area contributed by atoms with Gasteiger partial charge in [-0.15, -0.1) is 0 Å². The Morgan fingerprint density at radius 2 is 2.40 bits per heavy atom. The van der Waals surface area contributed by atoms with E-state index in [2.05, 4.69) is 22.4 Å². The van der Waals surface area contributed by atoms with Crippen molar-refractivity contribution in [2.45, 2.75) is 12.8 Å². The van der Waals surface area contributed by atoms with Crippen LogP contribution in [0, 0.1) is 0 Å². The van der Waals surface area contributed by atoms with Crippen molar-refractivity contribution in [3.8, 4) is 0 Å². The third kappa shape index (κ3) is 0.817. The van der Waals surface area contributed by atoms with Crippen LogP contribution >= 0.6 is 0 Å². The molecule has 1 heterocycles. The van der Waals surface area contributed by atoms with Crippen LogP contribution in [-0.4, -0.2) is 11.9 Å². The highest BCUT2D eigenvalue weighted by molar-refractivity contribution is 6.11. The normalized spacial score (nSPS) is 21.6. The second kappa shape index (κ2) is 2.21. The molecular formula is C8H8N2. The first kappa shape index (κ1) is 5.59. The van der Waals surface area contributed by atoms with Crippen LogP contribution in [0.3, 0.4) is 0 Å². The Balaban J connectivity index is 2.39. The average Bonchev–Trinajstić information content (AvgIpc) is 2.05. The van der Waals surface area contributed by atoms with Gasteiger partial charge in [0.15, 0.2) is 0 Å². The quantitative estimate of drug-likeness (QED) is 0.479. The van der Waals surface area contributed by atoms with Crippen molar-refractivity contribution in [1.29, 1.82) is 0 Å². The molecule has 0 fully saturated rings. The van der Waals surface area contributed by atoms with Gasteiger partial charge in [0.25, 0.3) is 0 Å². The van der Waals surface area contributed by atoms with Gasteiger partial charge in [-0.25, -0.2) is 0 Å². The van der Waals surface area contributed by atoms with Crippen LogP contribution in [-0.2, 0) is 0 Å². The van der Waals surface area contributed by atoms with E-state index in [0.29, 0.717) is 0 Å². The highest BCUT2D eigenvalue weighted by atomic mass is 15.2. The first-order chi connectivity index (χ1) is 4.97. The zero-order valence-corrected chi connectivity index (χ0v) is 5.62. The maximum atomic E-state index is 3.98. The molecule has 2 rings (SSSR count). The van der Waals surface area contributed by atoms with Gasteiger partial charge in [0.2, 0.25) is 0 Å². The molecule has 1 aliphatic heterocycles. The first-order valence-electron chi connectivity index (χ1n) is 3.42. The van der Waals surface area contributed by atoms with Gasteiger partial charge in [0.1, 0.15) is 0 Å². The van der Waals surface area contributed by atoms with Crippen molar-refractivity contribution in [1.82, 2.24) is 0 Å². The molecule has 0 spiro atoms. The molecule has 0 N–H and O–H groups in total. The Kier molecular flexibility index (Phi) is 1.24. The first-order valence-corrected chi connectivity index (χ1v) is 3.42. The summed E-state index contributed by atoms with van der Waals surface area (Å²) in [5.74, 6) is 0. The summed E-state index contributed by atoms with van der Waals surface area (Å²) >= 11 is 0. The summed E-state index contributed by atoms with van der Waals surface area (Å²) in [5.41, 5.74) is 2.35. The Bertz CT molecular complexity index is 256. The fraction of sp³-hybridized carbons (Fsp3) is 0.250. The van der Waals surface area contributed by atoms with Crippen LogP contribution in [0.1, 0.15) is 12.8 Å². The topological polar surface area (TPSA) is 24.7 Å². The molecule has 2 nitrogen and oxygen atoms in total. The average molecular weight is 132 g/mol. The van der Waals surface area contributed by atoms with Crippen LogP contribution in [0.4, 0.5) is 0 Å². The molecule has 1 aliphatic carbocycles. The highest BCUT2D eigenvalue weighted by Gasteiger charge is 2.07. The maximum absolute atomic E-state index is 3.98. The molecule has 0 radical (unpaired) electrons. The van der Waals surface area contributed by atoms with Crippen LogP contribution in [0.5, 0.6) is 0 Å². The molecule has 0 atom stereocenters. The molecule has 0 unspecified atom stereocenters. The van der Waals surface area contributed by atoms with Gasteiger partial charge in [-0.2, -0.15) is 10.2 Å². The molecule has 0 aromatic heterocycles. The Morgan fingerprint density at radius 3 is 3.30 bits per heavy atom. The van der Waals surface area contributed by atoms with E-state index in [1.54, 1.807) is 0 Å². The van der Waals surface area contributed by atoms with Crippen molar-refractivity contribution >= 4 is 11.9 Å². The minimum absolute atomic E-state index is 0.948. The second-order valence-corrected chi connectivity index (χ2v) is 2.35. The predicted octanol–water partition coefficient (Wildman–Crippen LogP) is 1.70. The van der Waals surface area contributed by atoms with E-state index in [9.17, 15) is 0 Å². The molecule has 0 saturated carbocycles. The Labute approximate surface area is 59.7 Å². The van der Waals surface area contributed by atoms with Gasteiger partial charge in [0.05, 0.1) is 5.71 Å². The Hall–Kier alpha value is -1.18. The minimum atomic E-state index is 0.948.